The minimum Gasteiger partial charge on any atom is -0.366 e. The highest BCUT2D eigenvalue weighted by Crippen LogP contribution is 2.08. The lowest BCUT2D eigenvalue weighted by atomic mass is 10.1. The number of aromatic amines is 1. The molecule has 4 N–H and O–H groups in total. The lowest BCUT2D eigenvalue weighted by molar-refractivity contribution is 0.0949. The van der Waals surface area contributed by atoms with Crippen LogP contribution in [-0.2, 0) is 6.54 Å². The van der Waals surface area contributed by atoms with E-state index in [-0.39, 0.29) is 17.5 Å². The van der Waals surface area contributed by atoms with Gasteiger partial charge in [0.2, 0.25) is 11.3 Å². The summed E-state index contributed by atoms with van der Waals surface area (Å²) < 4.78 is 0. The Hall–Kier alpha value is -3.48. The maximum atomic E-state index is 12.5. The van der Waals surface area contributed by atoms with Crippen molar-refractivity contribution in [1.29, 1.82) is 0 Å². The number of nitrogens with one attached hydrogen (secondary N) is 2. The van der Waals surface area contributed by atoms with Gasteiger partial charge in [-0.3, -0.25) is 14.4 Å². The van der Waals surface area contributed by atoms with Crippen LogP contribution in [0.4, 0.5) is 0 Å². The predicted octanol–water partition coefficient (Wildman–Crippen LogP) is 1.26. The normalized spacial score (nSPS) is 10.6. The smallest absolute Gasteiger partial charge is 0.257 e. The van der Waals surface area contributed by atoms with E-state index in [1.54, 1.807) is 36.4 Å². The quantitative estimate of drug-likeness (QED) is 0.664. The van der Waals surface area contributed by atoms with E-state index in [1.807, 2.05) is 6.92 Å². The lowest BCUT2D eigenvalue weighted by Crippen LogP contribution is -2.28. The fourth-order valence-corrected chi connectivity index (χ4v) is 2.48. The average Bonchev–Trinajstić information content (AvgIpc) is 2.60. The number of aromatic nitrogens is 2. The van der Waals surface area contributed by atoms with E-state index in [4.69, 9.17) is 5.73 Å². The SMILES string of the molecule is Cc1ccc2c(=O)c(C(=O)NCc3cccc(C(N)=O)c3)c[nH]c2n1. The van der Waals surface area contributed by atoms with Crippen LogP contribution in [0.15, 0.2) is 47.4 Å². The molecule has 7 nitrogen and oxygen atoms in total. The summed E-state index contributed by atoms with van der Waals surface area (Å²) in [5, 5.41) is 3.02. The maximum absolute atomic E-state index is 12.5. The highest BCUT2D eigenvalue weighted by Gasteiger charge is 2.13. The third-order valence-electron chi connectivity index (χ3n) is 3.79. The summed E-state index contributed by atoms with van der Waals surface area (Å²) in [6.45, 7) is 1.99. The summed E-state index contributed by atoms with van der Waals surface area (Å²) in [4.78, 5) is 43.1. The molecule has 3 aromatic rings. The van der Waals surface area contributed by atoms with Crippen LogP contribution >= 0.6 is 0 Å². The number of amides is 2. The van der Waals surface area contributed by atoms with Crippen LogP contribution in [0.3, 0.4) is 0 Å². The fourth-order valence-electron chi connectivity index (χ4n) is 2.48. The second-order valence-electron chi connectivity index (χ2n) is 5.63. The number of primary amides is 1. The van der Waals surface area contributed by atoms with Gasteiger partial charge >= 0.3 is 0 Å². The zero-order valence-corrected chi connectivity index (χ0v) is 13.5. The summed E-state index contributed by atoms with van der Waals surface area (Å²) in [6.07, 6.45) is 1.35. The monoisotopic (exact) mass is 336 g/mol. The minimum atomic E-state index is -0.540. The van der Waals surface area contributed by atoms with Gasteiger partial charge in [0.25, 0.3) is 5.91 Å². The number of carbonyl (C=O) groups excluding carboxylic acids is 2. The Kier molecular flexibility index (Phi) is 4.30. The van der Waals surface area contributed by atoms with E-state index in [0.717, 1.165) is 5.69 Å². The Bertz CT molecular complexity index is 1040. The number of fused-ring (bicyclic) bond motifs is 1. The van der Waals surface area contributed by atoms with E-state index in [2.05, 4.69) is 15.3 Å². The molecule has 0 aliphatic heterocycles. The van der Waals surface area contributed by atoms with Crippen molar-refractivity contribution in [2.24, 2.45) is 5.73 Å². The van der Waals surface area contributed by atoms with Crippen molar-refractivity contribution in [1.82, 2.24) is 15.3 Å². The summed E-state index contributed by atoms with van der Waals surface area (Å²) in [7, 11) is 0. The van der Waals surface area contributed by atoms with Gasteiger partial charge in [-0.05, 0) is 36.8 Å². The zero-order chi connectivity index (χ0) is 18.0. The molecule has 0 aliphatic rings. The highest BCUT2D eigenvalue weighted by atomic mass is 16.2. The highest BCUT2D eigenvalue weighted by molar-refractivity contribution is 5.96. The Balaban J connectivity index is 1.82. The molecular formula is C18H16N4O3. The van der Waals surface area contributed by atoms with Crippen LogP contribution in [0.1, 0.15) is 32.0 Å². The topological polar surface area (TPSA) is 118 Å². The Morgan fingerprint density at radius 1 is 1.24 bits per heavy atom. The number of hydrogen-bond acceptors (Lipinski definition) is 4. The number of carbonyl (C=O) groups is 2. The zero-order valence-electron chi connectivity index (χ0n) is 13.5. The van der Waals surface area contributed by atoms with Crippen molar-refractivity contribution < 1.29 is 9.59 Å². The van der Waals surface area contributed by atoms with E-state index in [9.17, 15) is 14.4 Å². The van der Waals surface area contributed by atoms with Gasteiger partial charge in [-0.1, -0.05) is 12.1 Å². The molecule has 0 spiro atoms. The summed E-state index contributed by atoms with van der Waals surface area (Å²) in [5.41, 5.74) is 7.13. The van der Waals surface area contributed by atoms with Crippen molar-refractivity contribution in [3.63, 3.8) is 0 Å². The van der Waals surface area contributed by atoms with Crippen LogP contribution < -0.4 is 16.5 Å². The van der Waals surface area contributed by atoms with Crippen molar-refractivity contribution in [2.75, 3.05) is 0 Å². The van der Waals surface area contributed by atoms with Crippen LogP contribution in [0.5, 0.6) is 0 Å². The number of aryl methyl sites for hydroxylation is 1. The molecule has 2 heterocycles. The van der Waals surface area contributed by atoms with E-state index in [1.165, 1.54) is 6.20 Å². The number of nitrogens with two attached hydrogens (primary N) is 1. The maximum Gasteiger partial charge on any atom is 0.257 e. The lowest BCUT2D eigenvalue weighted by Gasteiger charge is -2.07. The molecule has 0 aliphatic carbocycles. The molecule has 2 aromatic heterocycles. The first-order chi connectivity index (χ1) is 12.0. The first kappa shape index (κ1) is 16.4. The number of benzene rings is 1. The second kappa shape index (κ2) is 6.56. The van der Waals surface area contributed by atoms with Gasteiger partial charge in [0.15, 0.2) is 0 Å². The third-order valence-corrected chi connectivity index (χ3v) is 3.79. The van der Waals surface area contributed by atoms with Crippen molar-refractivity contribution in [3.05, 3.63) is 75.2 Å². The molecule has 0 unspecified atom stereocenters. The van der Waals surface area contributed by atoms with E-state index < -0.39 is 11.8 Å². The van der Waals surface area contributed by atoms with Gasteiger partial charge < -0.3 is 16.0 Å². The molecule has 0 saturated heterocycles. The summed E-state index contributed by atoms with van der Waals surface area (Å²) in [6, 6.07) is 9.98. The largest absolute Gasteiger partial charge is 0.366 e. The molecule has 1 aromatic carbocycles. The molecule has 25 heavy (non-hydrogen) atoms. The average molecular weight is 336 g/mol. The van der Waals surface area contributed by atoms with Crippen LogP contribution in [0, 0.1) is 6.92 Å². The van der Waals surface area contributed by atoms with Gasteiger partial charge in [0.05, 0.1) is 5.39 Å². The first-order valence-corrected chi connectivity index (χ1v) is 7.61. The molecular weight excluding hydrogens is 320 g/mol. The van der Waals surface area contributed by atoms with Gasteiger partial charge in [0, 0.05) is 24.0 Å². The molecule has 7 heteroatoms. The Morgan fingerprint density at radius 2 is 2.04 bits per heavy atom. The second-order valence-corrected chi connectivity index (χ2v) is 5.63. The Morgan fingerprint density at radius 3 is 2.80 bits per heavy atom. The molecule has 0 bridgehead atoms. The van der Waals surface area contributed by atoms with Gasteiger partial charge in [-0.15, -0.1) is 0 Å². The van der Waals surface area contributed by atoms with Gasteiger partial charge in [-0.2, -0.15) is 0 Å². The summed E-state index contributed by atoms with van der Waals surface area (Å²) >= 11 is 0. The number of hydrogen-bond donors (Lipinski definition) is 3. The van der Waals surface area contributed by atoms with Crippen LogP contribution in [-0.4, -0.2) is 21.8 Å². The number of nitrogens with zero attached hydrogens (tertiary/aromatic N) is 1. The van der Waals surface area contributed by atoms with E-state index >= 15 is 0 Å². The van der Waals surface area contributed by atoms with Crippen LogP contribution in [0.25, 0.3) is 11.0 Å². The van der Waals surface area contributed by atoms with Crippen molar-refractivity contribution >= 4 is 22.8 Å². The molecule has 0 atom stereocenters. The van der Waals surface area contributed by atoms with Crippen LogP contribution in [0.2, 0.25) is 0 Å². The number of pyridine rings is 2. The minimum absolute atomic E-state index is 0.00390. The number of H-pyrrole nitrogens is 1. The molecule has 2 amide bonds. The van der Waals surface area contributed by atoms with E-state index in [0.29, 0.717) is 22.2 Å². The number of rotatable bonds is 4. The predicted molar refractivity (Wildman–Crippen MR) is 93.2 cm³/mol. The molecule has 0 fully saturated rings. The fraction of sp³-hybridized carbons (Fsp3) is 0.111. The molecule has 0 saturated carbocycles. The standard InChI is InChI=1S/C18H16N4O3/c1-10-5-6-13-15(23)14(9-20-17(13)22-10)18(25)21-8-11-3-2-4-12(7-11)16(19)24/h2-7,9H,8H2,1H3,(H2,19,24)(H,21,25)(H,20,22,23). The Labute approximate surface area is 142 Å². The first-order valence-electron chi connectivity index (χ1n) is 7.61. The molecule has 3 rings (SSSR count). The third kappa shape index (κ3) is 3.40. The molecule has 0 radical (unpaired) electrons. The van der Waals surface area contributed by atoms with Crippen molar-refractivity contribution in [3.8, 4) is 0 Å². The van der Waals surface area contributed by atoms with Crippen molar-refractivity contribution in [2.45, 2.75) is 13.5 Å². The molecule has 126 valence electrons. The van der Waals surface area contributed by atoms with Gasteiger partial charge in [0.1, 0.15) is 11.2 Å². The summed E-state index contributed by atoms with van der Waals surface area (Å²) in [5.74, 6) is -1.05. The van der Waals surface area contributed by atoms with Gasteiger partial charge in [-0.25, -0.2) is 4.98 Å².